The van der Waals surface area contributed by atoms with Crippen LogP contribution in [0.15, 0.2) is 36.9 Å². The first-order valence-electron chi connectivity index (χ1n) is 11.0. The second-order valence-electron chi connectivity index (χ2n) is 8.63. The highest BCUT2D eigenvalue weighted by Gasteiger charge is 2.29. The number of H-pyrrole nitrogens is 1. The Labute approximate surface area is 192 Å². The number of fused-ring (bicyclic) bond motifs is 1. The van der Waals surface area contributed by atoms with E-state index in [-0.39, 0.29) is 11.8 Å². The van der Waals surface area contributed by atoms with Gasteiger partial charge in [-0.2, -0.15) is 0 Å². The molecule has 168 valence electrons. The largest absolute Gasteiger partial charge is 0.358 e. The van der Waals surface area contributed by atoms with Crippen LogP contribution in [0.4, 0.5) is 5.69 Å². The zero-order valence-corrected chi connectivity index (χ0v) is 19.0. The minimum absolute atomic E-state index is 0.0393. The van der Waals surface area contributed by atoms with Crippen LogP contribution in [0.25, 0.3) is 22.8 Å². The minimum Gasteiger partial charge on any atom is -0.358 e. The predicted octanol–water partition coefficient (Wildman–Crippen LogP) is 2.97. The maximum absolute atomic E-state index is 13.3. The molecule has 0 spiro atoms. The summed E-state index contributed by atoms with van der Waals surface area (Å²) in [6, 6.07) is 5.75. The lowest BCUT2D eigenvalue weighted by Gasteiger charge is -2.32. The molecule has 4 heterocycles. The van der Waals surface area contributed by atoms with Gasteiger partial charge in [-0.15, -0.1) is 0 Å². The molecule has 33 heavy (non-hydrogen) atoms. The van der Waals surface area contributed by atoms with E-state index in [0.717, 1.165) is 52.4 Å². The number of hydrogen-bond donors (Lipinski definition) is 2. The van der Waals surface area contributed by atoms with Crippen LogP contribution in [0, 0.1) is 13.8 Å². The molecule has 0 radical (unpaired) electrons. The maximum Gasteiger partial charge on any atom is 0.256 e. The molecule has 3 aromatic rings. The molecule has 1 saturated heterocycles. The minimum atomic E-state index is -0.173. The van der Waals surface area contributed by atoms with Crippen LogP contribution in [-0.4, -0.2) is 69.8 Å². The normalized spacial score (nSPS) is 17.4. The van der Waals surface area contributed by atoms with Gasteiger partial charge in [0.05, 0.1) is 11.1 Å². The van der Waals surface area contributed by atoms with Crippen molar-refractivity contribution in [3.63, 3.8) is 0 Å². The lowest BCUT2D eigenvalue weighted by Crippen LogP contribution is -2.47. The summed E-state index contributed by atoms with van der Waals surface area (Å²) in [4.78, 5) is 41.9. The van der Waals surface area contributed by atoms with Crippen LogP contribution in [-0.2, 0) is 4.79 Å². The van der Waals surface area contributed by atoms with Crippen LogP contribution in [0.5, 0.6) is 0 Å². The van der Waals surface area contributed by atoms with Gasteiger partial charge in [0.25, 0.3) is 11.8 Å². The summed E-state index contributed by atoms with van der Waals surface area (Å²) in [7, 11) is 2.07. The summed E-state index contributed by atoms with van der Waals surface area (Å²) in [5.41, 5.74) is 6.95. The number of carbonyl (C=O) groups excluding carboxylic acids is 2. The molecule has 1 aromatic carbocycles. The molecule has 5 rings (SSSR count). The number of piperazine rings is 1. The number of likely N-dealkylation sites (N-methyl/N-ethyl adjacent to an activating group) is 1. The molecule has 2 aliphatic heterocycles. The van der Waals surface area contributed by atoms with Gasteiger partial charge in [0.1, 0.15) is 6.33 Å². The molecule has 8 nitrogen and oxygen atoms in total. The van der Waals surface area contributed by atoms with Crippen molar-refractivity contribution in [1.29, 1.82) is 0 Å². The van der Waals surface area contributed by atoms with Gasteiger partial charge in [0.2, 0.25) is 0 Å². The van der Waals surface area contributed by atoms with Crippen LogP contribution in [0.3, 0.4) is 0 Å². The van der Waals surface area contributed by atoms with Crippen LogP contribution >= 0.6 is 0 Å². The molecular weight excluding hydrogens is 416 g/mol. The molecule has 2 aliphatic rings. The molecule has 0 bridgehead atoms. The Morgan fingerprint density at radius 2 is 1.82 bits per heavy atom. The average molecular weight is 443 g/mol. The van der Waals surface area contributed by atoms with Gasteiger partial charge in [0, 0.05) is 66.8 Å². The van der Waals surface area contributed by atoms with E-state index in [2.05, 4.69) is 32.2 Å². The Kier molecular flexibility index (Phi) is 5.30. The number of aromatic nitrogens is 3. The Morgan fingerprint density at radius 1 is 1.09 bits per heavy atom. The number of nitrogens with one attached hydrogen (secondary N) is 2. The number of aryl methyl sites for hydroxylation is 1. The number of carbonyl (C=O) groups is 2. The van der Waals surface area contributed by atoms with Crippen molar-refractivity contribution in [1.82, 2.24) is 24.8 Å². The molecule has 1 fully saturated rings. The smallest absolute Gasteiger partial charge is 0.256 e. The molecule has 2 amide bonds. The number of anilines is 1. The van der Waals surface area contributed by atoms with Crippen molar-refractivity contribution in [2.45, 2.75) is 13.8 Å². The van der Waals surface area contributed by atoms with Crippen molar-refractivity contribution in [3.05, 3.63) is 65.0 Å². The zero-order chi connectivity index (χ0) is 23.1. The molecular formula is C25H26N6O2. The summed E-state index contributed by atoms with van der Waals surface area (Å²) < 4.78 is 0. The van der Waals surface area contributed by atoms with Gasteiger partial charge >= 0.3 is 0 Å². The number of amides is 2. The molecule has 2 aromatic heterocycles. The van der Waals surface area contributed by atoms with E-state index in [9.17, 15) is 9.59 Å². The third-order valence-corrected chi connectivity index (χ3v) is 6.47. The summed E-state index contributed by atoms with van der Waals surface area (Å²) in [6.07, 6.45) is 6.80. The van der Waals surface area contributed by atoms with Gasteiger partial charge in [-0.05, 0) is 44.2 Å². The SMILES string of the molecule is Cc1[nH]c(C=C2C(=O)Nc3cccc(-c4cncnc4)c32)c(C)c1C(=O)N1CCN(C)CC1. The van der Waals surface area contributed by atoms with E-state index in [1.165, 1.54) is 6.33 Å². The van der Waals surface area contributed by atoms with E-state index in [1.54, 1.807) is 12.4 Å². The number of hydrogen-bond acceptors (Lipinski definition) is 5. The van der Waals surface area contributed by atoms with Crippen molar-refractivity contribution >= 4 is 29.2 Å². The maximum atomic E-state index is 13.3. The van der Waals surface area contributed by atoms with Crippen molar-refractivity contribution in [3.8, 4) is 11.1 Å². The Balaban J connectivity index is 1.55. The van der Waals surface area contributed by atoms with Crippen LogP contribution in [0.1, 0.15) is 32.9 Å². The second-order valence-corrected chi connectivity index (χ2v) is 8.63. The van der Waals surface area contributed by atoms with Gasteiger partial charge in [-0.3, -0.25) is 9.59 Å². The van der Waals surface area contributed by atoms with E-state index in [0.29, 0.717) is 24.2 Å². The number of aromatic amines is 1. The number of benzene rings is 1. The molecule has 8 heteroatoms. The van der Waals surface area contributed by atoms with Crippen LogP contribution < -0.4 is 5.32 Å². The highest BCUT2D eigenvalue weighted by molar-refractivity contribution is 6.36. The Hall–Kier alpha value is -3.78. The molecule has 2 N–H and O–H groups in total. The van der Waals surface area contributed by atoms with E-state index in [4.69, 9.17) is 0 Å². The summed E-state index contributed by atoms with van der Waals surface area (Å²) in [5.74, 6) is -0.134. The van der Waals surface area contributed by atoms with Crippen molar-refractivity contribution in [2.24, 2.45) is 0 Å². The summed E-state index contributed by atoms with van der Waals surface area (Å²) in [6.45, 7) is 7.02. The highest BCUT2D eigenvalue weighted by atomic mass is 16.2. The van der Waals surface area contributed by atoms with Gasteiger partial charge in [0.15, 0.2) is 0 Å². The fraction of sp³-hybridized carbons (Fsp3) is 0.280. The zero-order valence-electron chi connectivity index (χ0n) is 19.0. The van der Waals surface area contributed by atoms with Gasteiger partial charge < -0.3 is 20.1 Å². The van der Waals surface area contributed by atoms with Crippen molar-refractivity contribution < 1.29 is 9.59 Å². The second kappa shape index (κ2) is 8.29. The highest BCUT2D eigenvalue weighted by Crippen LogP contribution is 2.40. The average Bonchev–Trinajstić information content (AvgIpc) is 3.29. The third-order valence-electron chi connectivity index (χ3n) is 6.47. The summed E-state index contributed by atoms with van der Waals surface area (Å²) in [5, 5.41) is 2.96. The Bertz CT molecular complexity index is 1270. The lowest BCUT2D eigenvalue weighted by atomic mass is 9.95. The molecule has 0 unspecified atom stereocenters. The quantitative estimate of drug-likeness (QED) is 0.608. The van der Waals surface area contributed by atoms with Crippen molar-refractivity contribution in [2.75, 3.05) is 38.5 Å². The fourth-order valence-corrected chi connectivity index (χ4v) is 4.62. The van der Waals surface area contributed by atoms with Gasteiger partial charge in [-0.1, -0.05) is 12.1 Å². The summed E-state index contributed by atoms with van der Waals surface area (Å²) >= 11 is 0. The Morgan fingerprint density at radius 3 is 2.55 bits per heavy atom. The van der Waals surface area contributed by atoms with E-state index in [1.807, 2.05) is 43.0 Å². The number of rotatable bonds is 3. The number of nitrogens with zero attached hydrogens (tertiary/aromatic N) is 4. The van der Waals surface area contributed by atoms with E-state index < -0.39 is 0 Å². The first kappa shape index (κ1) is 21.1. The third kappa shape index (κ3) is 3.72. The standard InChI is InChI=1S/C25H26N6O2/c1-15-21(28-16(2)22(15)25(33)31-9-7-30(3)8-10-31)11-19-23-18(17-12-26-14-27-13-17)5-4-6-20(23)29-24(19)32/h4-6,11-14,28H,7-10H2,1-3H3,(H,29,32). The fourth-order valence-electron chi connectivity index (χ4n) is 4.62. The molecule has 0 atom stereocenters. The lowest BCUT2D eigenvalue weighted by molar-refractivity contribution is -0.110. The monoisotopic (exact) mass is 442 g/mol. The predicted molar refractivity (Wildman–Crippen MR) is 128 cm³/mol. The van der Waals surface area contributed by atoms with Crippen LogP contribution in [0.2, 0.25) is 0 Å². The topological polar surface area (TPSA) is 94.2 Å². The van der Waals surface area contributed by atoms with E-state index >= 15 is 0 Å². The van der Waals surface area contributed by atoms with Gasteiger partial charge in [-0.25, -0.2) is 9.97 Å². The molecule has 0 saturated carbocycles. The molecule has 0 aliphatic carbocycles. The first-order valence-corrected chi connectivity index (χ1v) is 11.0. The first-order chi connectivity index (χ1) is 15.9.